The van der Waals surface area contributed by atoms with Crippen LogP contribution in [0.1, 0.15) is 17.9 Å². The van der Waals surface area contributed by atoms with Crippen LogP contribution in [0, 0.1) is 0 Å². The standard InChI is InChI=1S/C12H14ClNO3/c1-16-9-4-3-8(11(13)12(9)17-2)7-5-10(15)14-6-7/h3-4,7H,5-6H2,1-2H3,(H,14,15). The van der Waals surface area contributed by atoms with E-state index in [1.807, 2.05) is 12.1 Å². The molecule has 1 fully saturated rings. The summed E-state index contributed by atoms with van der Waals surface area (Å²) >= 11 is 6.28. The topological polar surface area (TPSA) is 47.6 Å². The molecule has 1 aliphatic heterocycles. The lowest BCUT2D eigenvalue weighted by molar-refractivity contribution is -0.119. The van der Waals surface area contributed by atoms with Gasteiger partial charge >= 0.3 is 0 Å². The molecule has 1 saturated heterocycles. The van der Waals surface area contributed by atoms with Gasteiger partial charge in [-0.2, -0.15) is 0 Å². The lowest BCUT2D eigenvalue weighted by Crippen LogP contribution is -2.13. The number of rotatable bonds is 3. The van der Waals surface area contributed by atoms with Crippen LogP contribution in [0.15, 0.2) is 12.1 Å². The summed E-state index contributed by atoms with van der Waals surface area (Å²) in [5, 5.41) is 3.31. The van der Waals surface area contributed by atoms with Crippen LogP contribution in [-0.2, 0) is 4.79 Å². The third kappa shape index (κ3) is 2.17. The molecular formula is C12H14ClNO3. The molecule has 5 heteroatoms. The lowest BCUT2D eigenvalue weighted by atomic mass is 9.97. The highest BCUT2D eigenvalue weighted by Gasteiger charge is 2.27. The van der Waals surface area contributed by atoms with Crippen LogP contribution in [0.5, 0.6) is 11.5 Å². The number of nitrogens with one attached hydrogen (secondary N) is 1. The number of halogens is 1. The maximum Gasteiger partial charge on any atom is 0.220 e. The number of carbonyl (C=O) groups is 1. The molecule has 17 heavy (non-hydrogen) atoms. The number of amides is 1. The van der Waals surface area contributed by atoms with E-state index in [1.54, 1.807) is 14.2 Å². The smallest absolute Gasteiger partial charge is 0.220 e. The van der Waals surface area contributed by atoms with Crippen molar-refractivity contribution < 1.29 is 14.3 Å². The van der Waals surface area contributed by atoms with Crippen molar-refractivity contribution in [1.29, 1.82) is 0 Å². The summed E-state index contributed by atoms with van der Waals surface area (Å²) in [6.45, 7) is 0.619. The van der Waals surface area contributed by atoms with E-state index in [-0.39, 0.29) is 11.8 Å². The summed E-state index contributed by atoms with van der Waals surface area (Å²) in [5.74, 6) is 1.28. The van der Waals surface area contributed by atoms with Gasteiger partial charge in [0.1, 0.15) is 0 Å². The zero-order valence-corrected chi connectivity index (χ0v) is 10.5. The first-order chi connectivity index (χ1) is 8.17. The average molecular weight is 256 g/mol. The highest BCUT2D eigenvalue weighted by molar-refractivity contribution is 6.33. The quantitative estimate of drug-likeness (QED) is 0.898. The average Bonchev–Trinajstić information content (AvgIpc) is 2.75. The SMILES string of the molecule is COc1ccc(C2CNC(=O)C2)c(Cl)c1OC. The Morgan fingerprint density at radius 3 is 2.65 bits per heavy atom. The number of hydrogen-bond acceptors (Lipinski definition) is 3. The third-order valence-electron chi connectivity index (χ3n) is 2.93. The van der Waals surface area contributed by atoms with Crippen LogP contribution in [0.2, 0.25) is 5.02 Å². The molecule has 0 saturated carbocycles. The minimum atomic E-state index is 0.0563. The van der Waals surface area contributed by atoms with Gasteiger partial charge in [0.15, 0.2) is 11.5 Å². The molecule has 1 atom stereocenters. The van der Waals surface area contributed by atoms with Crippen molar-refractivity contribution in [3.63, 3.8) is 0 Å². The number of hydrogen-bond donors (Lipinski definition) is 1. The van der Waals surface area contributed by atoms with Gasteiger partial charge < -0.3 is 14.8 Å². The van der Waals surface area contributed by atoms with Crippen LogP contribution in [0.4, 0.5) is 0 Å². The Bertz CT molecular complexity index is 448. The highest BCUT2D eigenvalue weighted by atomic mass is 35.5. The van der Waals surface area contributed by atoms with E-state index < -0.39 is 0 Å². The molecule has 1 heterocycles. The molecule has 1 N–H and O–H groups in total. The van der Waals surface area contributed by atoms with E-state index in [2.05, 4.69) is 5.32 Å². The van der Waals surface area contributed by atoms with Gasteiger partial charge in [0.2, 0.25) is 5.91 Å². The summed E-state index contributed by atoms with van der Waals surface area (Å²) in [5.41, 5.74) is 0.919. The molecule has 4 nitrogen and oxygen atoms in total. The van der Waals surface area contributed by atoms with E-state index in [9.17, 15) is 4.79 Å². The van der Waals surface area contributed by atoms with Crippen LogP contribution >= 0.6 is 11.6 Å². The molecule has 1 aromatic carbocycles. The Balaban J connectivity index is 2.38. The van der Waals surface area contributed by atoms with Gasteiger partial charge in [0.05, 0.1) is 19.2 Å². The largest absolute Gasteiger partial charge is 0.493 e. The van der Waals surface area contributed by atoms with Crippen molar-refractivity contribution >= 4 is 17.5 Å². The molecule has 0 radical (unpaired) electrons. The van der Waals surface area contributed by atoms with E-state index in [0.29, 0.717) is 29.5 Å². The number of carbonyl (C=O) groups excluding carboxylic acids is 1. The van der Waals surface area contributed by atoms with Gasteiger partial charge in [0.25, 0.3) is 0 Å². The summed E-state index contributed by atoms with van der Waals surface area (Å²) in [7, 11) is 3.11. The molecular weight excluding hydrogens is 242 g/mol. The van der Waals surface area contributed by atoms with Gasteiger partial charge in [-0.25, -0.2) is 0 Å². The fourth-order valence-corrected chi connectivity index (χ4v) is 2.43. The fraction of sp³-hybridized carbons (Fsp3) is 0.417. The first kappa shape index (κ1) is 12.0. The van der Waals surface area contributed by atoms with Gasteiger partial charge in [-0.1, -0.05) is 17.7 Å². The molecule has 92 valence electrons. The normalized spacial score (nSPS) is 19.0. The molecule has 1 unspecified atom stereocenters. The summed E-state index contributed by atoms with van der Waals surface area (Å²) in [6, 6.07) is 3.69. The molecule has 0 aliphatic carbocycles. The van der Waals surface area contributed by atoms with Gasteiger partial charge in [-0.3, -0.25) is 4.79 Å². The molecule has 1 aliphatic rings. The van der Waals surface area contributed by atoms with Crippen LogP contribution in [0.3, 0.4) is 0 Å². The second kappa shape index (κ2) is 4.84. The van der Waals surface area contributed by atoms with E-state index in [0.717, 1.165) is 5.56 Å². The first-order valence-electron chi connectivity index (χ1n) is 5.34. The van der Waals surface area contributed by atoms with E-state index in [4.69, 9.17) is 21.1 Å². The zero-order valence-electron chi connectivity index (χ0n) is 9.75. The molecule has 1 aromatic rings. The van der Waals surface area contributed by atoms with E-state index in [1.165, 1.54) is 0 Å². The number of benzene rings is 1. The van der Waals surface area contributed by atoms with Gasteiger partial charge in [0, 0.05) is 18.9 Å². The predicted molar refractivity (Wildman–Crippen MR) is 64.9 cm³/mol. The van der Waals surface area contributed by atoms with E-state index >= 15 is 0 Å². The van der Waals surface area contributed by atoms with Gasteiger partial charge in [-0.15, -0.1) is 0 Å². The lowest BCUT2D eigenvalue weighted by Gasteiger charge is -2.15. The first-order valence-corrected chi connectivity index (χ1v) is 5.72. The minimum Gasteiger partial charge on any atom is -0.493 e. The molecule has 0 spiro atoms. The Labute approximate surface area is 105 Å². The van der Waals surface area contributed by atoms with Crippen molar-refractivity contribution in [3.8, 4) is 11.5 Å². The molecule has 0 aromatic heterocycles. The van der Waals surface area contributed by atoms with Crippen molar-refractivity contribution in [1.82, 2.24) is 5.32 Å². The fourth-order valence-electron chi connectivity index (χ4n) is 2.04. The Morgan fingerprint density at radius 1 is 1.35 bits per heavy atom. The zero-order chi connectivity index (χ0) is 12.4. The minimum absolute atomic E-state index is 0.0563. The molecule has 1 amide bonds. The maximum atomic E-state index is 11.2. The molecule has 0 bridgehead atoms. The van der Waals surface area contributed by atoms with Crippen molar-refractivity contribution in [3.05, 3.63) is 22.7 Å². The van der Waals surface area contributed by atoms with Crippen LogP contribution in [-0.4, -0.2) is 26.7 Å². The monoisotopic (exact) mass is 255 g/mol. The predicted octanol–water partition coefficient (Wildman–Crippen LogP) is 1.96. The summed E-state index contributed by atoms with van der Waals surface area (Å²) in [6.07, 6.45) is 0.467. The Hall–Kier alpha value is -1.42. The van der Waals surface area contributed by atoms with Crippen molar-refractivity contribution in [2.45, 2.75) is 12.3 Å². The van der Waals surface area contributed by atoms with Gasteiger partial charge in [-0.05, 0) is 11.6 Å². The Morgan fingerprint density at radius 2 is 2.12 bits per heavy atom. The van der Waals surface area contributed by atoms with Crippen LogP contribution < -0.4 is 14.8 Å². The summed E-state index contributed by atoms with van der Waals surface area (Å²) < 4.78 is 10.4. The number of ether oxygens (including phenoxy) is 2. The second-order valence-corrected chi connectivity index (χ2v) is 4.29. The Kier molecular flexibility index (Phi) is 3.43. The van der Waals surface area contributed by atoms with Crippen molar-refractivity contribution in [2.75, 3.05) is 20.8 Å². The highest BCUT2D eigenvalue weighted by Crippen LogP contribution is 2.41. The number of methoxy groups -OCH3 is 2. The van der Waals surface area contributed by atoms with Crippen LogP contribution in [0.25, 0.3) is 0 Å². The maximum absolute atomic E-state index is 11.2. The molecule has 2 rings (SSSR count). The summed E-state index contributed by atoms with van der Waals surface area (Å²) in [4.78, 5) is 11.2. The second-order valence-electron chi connectivity index (χ2n) is 3.91. The third-order valence-corrected chi connectivity index (χ3v) is 3.32. The van der Waals surface area contributed by atoms with Crippen molar-refractivity contribution in [2.24, 2.45) is 0 Å².